The number of hydrogen-bond acceptors (Lipinski definition) is 6. The molecule has 0 saturated heterocycles. The minimum atomic E-state index is -0.835. The molecule has 398 valence electrons. The van der Waals surface area contributed by atoms with Gasteiger partial charge in [0.25, 0.3) is 0 Å². The topological polar surface area (TPSA) is 78.9 Å². The molecule has 0 aliphatic heterocycles. The summed E-state index contributed by atoms with van der Waals surface area (Å²) < 4.78 is 16.7. The average Bonchev–Trinajstić information content (AvgIpc) is 3.37. The highest BCUT2D eigenvalue weighted by Crippen LogP contribution is 2.13. The van der Waals surface area contributed by atoms with Crippen LogP contribution in [0.5, 0.6) is 0 Å². The summed E-state index contributed by atoms with van der Waals surface area (Å²) in [6.07, 6.45) is 82.8. The van der Waals surface area contributed by atoms with Crippen LogP contribution >= 0.6 is 0 Å². The molecule has 0 aromatic carbocycles. The summed E-state index contributed by atoms with van der Waals surface area (Å²) >= 11 is 0. The summed E-state index contributed by atoms with van der Waals surface area (Å²) in [6, 6.07) is 0. The predicted octanol–water partition coefficient (Wildman–Crippen LogP) is 19.2. The Morgan fingerprint density at radius 3 is 0.972 bits per heavy atom. The molecule has 0 fully saturated rings. The van der Waals surface area contributed by atoms with E-state index in [2.05, 4.69) is 154 Å². The van der Waals surface area contributed by atoms with Gasteiger partial charge in [0.15, 0.2) is 6.10 Å². The molecule has 0 rings (SSSR count). The minimum absolute atomic E-state index is 0.130. The lowest BCUT2D eigenvalue weighted by atomic mass is 10.1. The molecule has 0 aromatic heterocycles. The first-order valence-corrected chi connectivity index (χ1v) is 28.3. The van der Waals surface area contributed by atoms with Gasteiger partial charge in [-0.1, -0.05) is 224 Å². The molecule has 0 bridgehead atoms. The molecule has 71 heavy (non-hydrogen) atoms. The van der Waals surface area contributed by atoms with Gasteiger partial charge >= 0.3 is 17.9 Å². The van der Waals surface area contributed by atoms with Crippen LogP contribution in [0.3, 0.4) is 0 Å². The zero-order chi connectivity index (χ0) is 51.4. The molecule has 6 heteroatoms. The van der Waals surface area contributed by atoms with E-state index in [4.69, 9.17) is 14.2 Å². The molecule has 1 unspecified atom stereocenters. The number of esters is 3. The summed E-state index contributed by atoms with van der Waals surface area (Å²) in [6.45, 7) is 6.27. The minimum Gasteiger partial charge on any atom is -0.462 e. The van der Waals surface area contributed by atoms with Crippen molar-refractivity contribution in [3.63, 3.8) is 0 Å². The first kappa shape index (κ1) is 66.3. The zero-order valence-corrected chi connectivity index (χ0v) is 45.4. The van der Waals surface area contributed by atoms with Gasteiger partial charge < -0.3 is 14.2 Å². The Morgan fingerprint density at radius 1 is 0.296 bits per heavy atom. The van der Waals surface area contributed by atoms with Gasteiger partial charge in [-0.3, -0.25) is 14.4 Å². The van der Waals surface area contributed by atoms with Crippen molar-refractivity contribution in [2.75, 3.05) is 13.2 Å². The summed E-state index contributed by atoms with van der Waals surface area (Å²) in [5.74, 6) is -1.07. The fourth-order valence-corrected chi connectivity index (χ4v) is 7.13. The third kappa shape index (κ3) is 56.1. The van der Waals surface area contributed by atoms with Crippen LogP contribution in [-0.2, 0) is 28.6 Å². The van der Waals surface area contributed by atoms with Crippen molar-refractivity contribution >= 4 is 17.9 Å². The lowest BCUT2D eigenvalue weighted by Crippen LogP contribution is -2.30. The second-order valence-corrected chi connectivity index (χ2v) is 18.1. The molecule has 0 aliphatic rings. The van der Waals surface area contributed by atoms with Crippen molar-refractivity contribution in [2.45, 2.75) is 232 Å². The largest absolute Gasteiger partial charge is 0.462 e. The van der Waals surface area contributed by atoms with Crippen LogP contribution in [0.2, 0.25) is 0 Å². The molecule has 6 nitrogen and oxygen atoms in total. The van der Waals surface area contributed by atoms with Crippen molar-refractivity contribution in [3.8, 4) is 0 Å². The Hall–Kier alpha value is -4.71. The summed E-state index contributed by atoms with van der Waals surface area (Å²) in [7, 11) is 0. The molecule has 0 N–H and O–H groups in total. The van der Waals surface area contributed by atoms with Crippen molar-refractivity contribution in [3.05, 3.63) is 146 Å². The second kappa shape index (κ2) is 57.9. The van der Waals surface area contributed by atoms with E-state index in [0.29, 0.717) is 19.3 Å². The van der Waals surface area contributed by atoms with Gasteiger partial charge in [-0.25, -0.2) is 0 Å². The van der Waals surface area contributed by atoms with Crippen LogP contribution in [0.4, 0.5) is 0 Å². The standard InChI is InChI=1S/C65H102O6/c1-4-7-10-13-16-19-22-25-28-30-32-34-37-40-43-46-49-52-55-58-64(67)70-61-62(60-69-63(66)57-54-51-48-45-42-39-36-27-24-21-18-15-12-9-6-3)71-65(68)59-56-53-50-47-44-41-38-35-33-31-29-26-23-20-17-14-11-8-5-2/h7,9-10,12,16-21,25-29,32,34,36,40,42-43,45,49,52,62H,4-6,8,11,13-15,22-24,30-31,33,35,37-39,41,44,46-48,50-51,53-61H2,1-3H3/b10-7-,12-9-,19-16-,20-17-,21-18-,28-25-,29-26-,34-32-,36-27-,43-40-,45-42-,52-49-. The Kier molecular flexibility index (Phi) is 54.0. The maximum absolute atomic E-state index is 12.9. The average molecular weight is 980 g/mol. The van der Waals surface area contributed by atoms with Crippen molar-refractivity contribution in [2.24, 2.45) is 0 Å². The second-order valence-electron chi connectivity index (χ2n) is 18.1. The maximum Gasteiger partial charge on any atom is 0.306 e. The number of carbonyl (C=O) groups excluding carboxylic acids is 3. The van der Waals surface area contributed by atoms with Crippen LogP contribution in [0.1, 0.15) is 226 Å². The summed E-state index contributed by atoms with van der Waals surface area (Å²) in [5, 5.41) is 0. The molecule has 0 amide bonds. The van der Waals surface area contributed by atoms with Crippen LogP contribution in [0, 0.1) is 0 Å². The van der Waals surface area contributed by atoms with Gasteiger partial charge in [-0.2, -0.15) is 0 Å². The van der Waals surface area contributed by atoms with E-state index >= 15 is 0 Å². The van der Waals surface area contributed by atoms with E-state index < -0.39 is 6.10 Å². The van der Waals surface area contributed by atoms with Crippen LogP contribution in [0.15, 0.2) is 146 Å². The van der Waals surface area contributed by atoms with E-state index in [-0.39, 0.29) is 44.0 Å². The number of ether oxygens (including phenoxy) is 3. The first-order valence-electron chi connectivity index (χ1n) is 28.3. The molecule has 0 aliphatic carbocycles. The van der Waals surface area contributed by atoms with Crippen molar-refractivity contribution in [1.82, 2.24) is 0 Å². The Morgan fingerprint density at radius 2 is 0.577 bits per heavy atom. The molecule has 0 spiro atoms. The quantitative estimate of drug-likeness (QED) is 0.0262. The number of rotatable bonds is 49. The molecular formula is C65H102O6. The molecule has 0 saturated carbocycles. The third-order valence-corrected chi connectivity index (χ3v) is 11.3. The van der Waals surface area contributed by atoms with Gasteiger partial charge in [0.1, 0.15) is 13.2 Å². The highest BCUT2D eigenvalue weighted by Gasteiger charge is 2.19. The molecule has 0 aromatic rings. The van der Waals surface area contributed by atoms with Crippen molar-refractivity contribution in [1.29, 1.82) is 0 Å². The SMILES string of the molecule is CC/C=C\C/C=C\C/C=C\C/C=C\C/C=C\C/C=C\CCC(=O)OCC(COC(=O)CCCC/C=C\C/C=C\C/C=C\C/C=C\CC)OC(=O)CCCCCCCCCCC/C=C\C/C=C\CCCCC. The van der Waals surface area contributed by atoms with Gasteiger partial charge in [0.2, 0.25) is 0 Å². The maximum atomic E-state index is 12.9. The van der Waals surface area contributed by atoms with Crippen molar-refractivity contribution < 1.29 is 28.6 Å². The zero-order valence-electron chi connectivity index (χ0n) is 45.4. The van der Waals surface area contributed by atoms with E-state index in [9.17, 15) is 14.4 Å². The number of hydrogen-bond donors (Lipinski definition) is 0. The van der Waals surface area contributed by atoms with E-state index in [1.807, 2.05) is 12.2 Å². The van der Waals surface area contributed by atoms with E-state index in [1.54, 1.807) is 0 Å². The fourth-order valence-electron chi connectivity index (χ4n) is 7.13. The molecule has 1 atom stereocenters. The van der Waals surface area contributed by atoms with Crippen LogP contribution < -0.4 is 0 Å². The van der Waals surface area contributed by atoms with E-state index in [1.165, 1.54) is 70.6 Å². The molecule has 0 heterocycles. The Labute approximate surface area is 436 Å². The Balaban J connectivity index is 4.58. The van der Waals surface area contributed by atoms with E-state index in [0.717, 1.165) is 103 Å². The van der Waals surface area contributed by atoms with Gasteiger partial charge in [-0.15, -0.1) is 0 Å². The van der Waals surface area contributed by atoms with Gasteiger partial charge in [0, 0.05) is 19.3 Å². The summed E-state index contributed by atoms with van der Waals surface area (Å²) in [4.78, 5) is 38.1. The lowest BCUT2D eigenvalue weighted by molar-refractivity contribution is -0.166. The lowest BCUT2D eigenvalue weighted by Gasteiger charge is -2.18. The molecular weight excluding hydrogens is 877 g/mol. The predicted molar refractivity (Wildman–Crippen MR) is 306 cm³/mol. The van der Waals surface area contributed by atoms with Gasteiger partial charge in [-0.05, 0) is 128 Å². The number of allylic oxidation sites excluding steroid dienone is 24. The number of carbonyl (C=O) groups is 3. The van der Waals surface area contributed by atoms with Crippen LogP contribution in [0.25, 0.3) is 0 Å². The summed E-state index contributed by atoms with van der Waals surface area (Å²) in [5.41, 5.74) is 0. The first-order chi connectivity index (χ1) is 35.0. The highest BCUT2D eigenvalue weighted by atomic mass is 16.6. The Bertz CT molecular complexity index is 1590. The number of unbranched alkanes of at least 4 members (excludes halogenated alkanes) is 14. The highest BCUT2D eigenvalue weighted by molar-refractivity contribution is 5.71. The fraction of sp³-hybridized carbons (Fsp3) is 0.585. The normalized spacial score (nSPS) is 13.2. The third-order valence-electron chi connectivity index (χ3n) is 11.3. The smallest absolute Gasteiger partial charge is 0.306 e. The van der Waals surface area contributed by atoms with Gasteiger partial charge in [0.05, 0.1) is 0 Å². The monoisotopic (exact) mass is 979 g/mol. The molecule has 0 radical (unpaired) electrons. The van der Waals surface area contributed by atoms with Crippen LogP contribution in [-0.4, -0.2) is 37.2 Å².